The third kappa shape index (κ3) is 3.73. The van der Waals surface area contributed by atoms with Crippen molar-refractivity contribution in [3.8, 4) is 5.75 Å². The highest BCUT2D eigenvalue weighted by Crippen LogP contribution is 2.33. The predicted octanol–water partition coefficient (Wildman–Crippen LogP) is 3.82. The Kier molecular flexibility index (Phi) is 5.34. The maximum atomic E-state index is 12.1. The van der Waals surface area contributed by atoms with Crippen molar-refractivity contribution >= 4 is 33.2 Å². The summed E-state index contributed by atoms with van der Waals surface area (Å²) in [7, 11) is -0.497. The van der Waals surface area contributed by atoms with Gasteiger partial charge in [0.2, 0.25) is 10.0 Å². The number of sulfonamides is 1. The number of hydrogen-bond acceptors (Lipinski definition) is 3. The van der Waals surface area contributed by atoms with Crippen LogP contribution in [0.15, 0.2) is 47.4 Å². The Balaban J connectivity index is 2.22. The monoisotopic (exact) mass is 359 g/mol. The summed E-state index contributed by atoms with van der Waals surface area (Å²) in [6, 6.07) is 11.6. The molecule has 2 aromatic carbocycles. The molecule has 2 aromatic rings. The molecule has 4 nitrogen and oxygen atoms in total. The van der Waals surface area contributed by atoms with Crippen LogP contribution in [0.1, 0.15) is 5.56 Å². The summed E-state index contributed by atoms with van der Waals surface area (Å²) in [5.74, 6) is 0.381. The number of benzene rings is 2. The van der Waals surface area contributed by atoms with Gasteiger partial charge in [-0.2, -0.15) is 0 Å². The first-order valence-corrected chi connectivity index (χ1v) is 8.60. The molecule has 22 heavy (non-hydrogen) atoms. The highest BCUT2D eigenvalue weighted by atomic mass is 35.5. The number of para-hydroxylation sites is 1. The van der Waals surface area contributed by atoms with Gasteiger partial charge in [-0.1, -0.05) is 41.4 Å². The maximum absolute atomic E-state index is 12.1. The summed E-state index contributed by atoms with van der Waals surface area (Å²) in [6.07, 6.45) is 0. The van der Waals surface area contributed by atoms with Crippen LogP contribution in [0.5, 0.6) is 5.75 Å². The van der Waals surface area contributed by atoms with Crippen LogP contribution in [0, 0.1) is 0 Å². The van der Waals surface area contributed by atoms with E-state index in [0.717, 1.165) is 4.31 Å². The van der Waals surface area contributed by atoms with Gasteiger partial charge >= 0.3 is 0 Å². The number of hydrogen-bond donors (Lipinski definition) is 0. The fourth-order valence-electron chi connectivity index (χ4n) is 1.78. The van der Waals surface area contributed by atoms with Gasteiger partial charge in [0.05, 0.1) is 14.9 Å². The molecular weight excluding hydrogens is 345 g/mol. The molecule has 2 rings (SSSR count). The third-order valence-electron chi connectivity index (χ3n) is 2.98. The summed E-state index contributed by atoms with van der Waals surface area (Å²) in [6.45, 7) is 0.167. The Labute approximate surface area is 140 Å². The predicted molar refractivity (Wildman–Crippen MR) is 88.1 cm³/mol. The van der Waals surface area contributed by atoms with Gasteiger partial charge in [0.15, 0.2) is 5.75 Å². The molecule has 0 saturated carbocycles. The molecule has 0 amide bonds. The van der Waals surface area contributed by atoms with Gasteiger partial charge in [0.25, 0.3) is 0 Å². The zero-order valence-corrected chi connectivity index (χ0v) is 14.4. The Bertz CT molecular complexity index is 756. The van der Waals surface area contributed by atoms with Crippen molar-refractivity contribution in [1.29, 1.82) is 0 Å². The van der Waals surface area contributed by atoms with Gasteiger partial charge in [0, 0.05) is 14.1 Å². The molecule has 0 saturated heterocycles. The normalized spacial score (nSPS) is 11.7. The molecule has 0 N–H and O–H groups in total. The average molecular weight is 360 g/mol. The van der Waals surface area contributed by atoms with E-state index in [0.29, 0.717) is 21.4 Å². The van der Waals surface area contributed by atoms with Crippen LogP contribution in [0.25, 0.3) is 0 Å². The summed E-state index contributed by atoms with van der Waals surface area (Å²) in [4.78, 5) is 0.212. The van der Waals surface area contributed by atoms with Crippen LogP contribution in [0.3, 0.4) is 0 Å². The fourth-order valence-corrected chi connectivity index (χ4v) is 3.26. The van der Waals surface area contributed by atoms with E-state index in [1.165, 1.54) is 14.1 Å². The molecule has 0 unspecified atom stereocenters. The summed E-state index contributed by atoms with van der Waals surface area (Å²) >= 11 is 12.1. The molecule has 0 aliphatic heterocycles. The lowest BCUT2D eigenvalue weighted by molar-refractivity contribution is 0.306. The first-order valence-electron chi connectivity index (χ1n) is 6.40. The van der Waals surface area contributed by atoms with Gasteiger partial charge in [-0.05, 0) is 29.8 Å². The minimum absolute atomic E-state index is 0.167. The SMILES string of the molecule is CN(C)S(=O)(=O)c1cccc(COc2c(Cl)cccc2Cl)c1. The van der Waals surface area contributed by atoms with E-state index in [1.54, 1.807) is 42.5 Å². The van der Waals surface area contributed by atoms with Gasteiger partial charge in [-0.15, -0.1) is 0 Å². The second-order valence-corrected chi connectivity index (χ2v) is 7.74. The van der Waals surface area contributed by atoms with Crippen LogP contribution >= 0.6 is 23.2 Å². The van der Waals surface area contributed by atoms with Crippen molar-refractivity contribution in [3.05, 3.63) is 58.1 Å². The lowest BCUT2D eigenvalue weighted by Gasteiger charge is -2.13. The van der Waals surface area contributed by atoms with Crippen LogP contribution in [-0.4, -0.2) is 26.8 Å². The first kappa shape index (κ1) is 17.1. The van der Waals surface area contributed by atoms with Gasteiger partial charge in [-0.3, -0.25) is 0 Å². The smallest absolute Gasteiger partial charge is 0.242 e. The number of ether oxygens (including phenoxy) is 1. The molecule has 0 spiro atoms. The van der Waals surface area contributed by atoms with Crippen molar-refractivity contribution in [2.45, 2.75) is 11.5 Å². The van der Waals surface area contributed by atoms with E-state index in [2.05, 4.69) is 0 Å². The van der Waals surface area contributed by atoms with Crippen molar-refractivity contribution in [1.82, 2.24) is 4.31 Å². The molecule has 0 atom stereocenters. The molecule has 0 aliphatic carbocycles. The third-order valence-corrected chi connectivity index (χ3v) is 5.39. The Morgan fingerprint density at radius 1 is 1.05 bits per heavy atom. The van der Waals surface area contributed by atoms with Crippen molar-refractivity contribution < 1.29 is 13.2 Å². The number of rotatable bonds is 5. The minimum Gasteiger partial charge on any atom is -0.486 e. The molecular formula is C15H15Cl2NO3S. The molecule has 118 valence electrons. The number of halogens is 2. The topological polar surface area (TPSA) is 46.6 Å². The summed E-state index contributed by atoms with van der Waals surface area (Å²) < 4.78 is 31.0. The lowest BCUT2D eigenvalue weighted by Crippen LogP contribution is -2.22. The lowest BCUT2D eigenvalue weighted by atomic mass is 10.2. The van der Waals surface area contributed by atoms with Gasteiger partial charge in [-0.25, -0.2) is 12.7 Å². The molecule has 0 bridgehead atoms. The standard InChI is InChI=1S/C15H15Cl2NO3S/c1-18(2)22(19,20)12-6-3-5-11(9-12)10-21-15-13(16)7-4-8-14(15)17/h3-9H,10H2,1-2H3. The van der Waals surface area contributed by atoms with Gasteiger partial charge < -0.3 is 4.74 Å². The largest absolute Gasteiger partial charge is 0.486 e. The van der Waals surface area contributed by atoms with Crippen LogP contribution in [-0.2, 0) is 16.6 Å². The van der Waals surface area contributed by atoms with E-state index in [1.807, 2.05) is 0 Å². The van der Waals surface area contributed by atoms with Gasteiger partial charge in [0.1, 0.15) is 6.61 Å². The van der Waals surface area contributed by atoms with E-state index >= 15 is 0 Å². The Hall–Kier alpha value is -1.27. The average Bonchev–Trinajstić information content (AvgIpc) is 2.47. The zero-order chi connectivity index (χ0) is 16.3. The highest BCUT2D eigenvalue weighted by Gasteiger charge is 2.17. The van der Waals surface area contributed by atoms with Crippen LogP contribution in [0.4, 0.5) is 0 Å². The zero-order valence-electron chi connectivity index (χ0n) is 12.1. The van der Waals surface area contributed by atoms with Crippen molar-refractivity contribution in [2.75, 3.05) is 14.1 Å². The fraction of sp³-hybridized carbons (Fsp3) is 0.200. The molecule has 7 heteroatoms. The second-order valence-electron chi connectivity index (χ2n) is 4.77. The summed E-state index contributed by atoms with van der Waals surface area (Å²) in [5.41, 5.74) is 0.707. The van der Waals surface area contributed by atoms with E-state index in [9.17, 15) is 8.42 Å². The molecule has 0 aromatic heterocycles. The van der Waals surface area contributed by atoms with E-state index < -0.39 is 10.0 Å². The van der Waals surface area contributed by atoms with Crippen LogP contribution < -0.4 is 4.74 Å². The van der Waals surface area contributed by atoms with E-state index in [-0.39, 0.29) is 11.5 Å². The second kappa shape index (κ2) is 6.87. The molecule has 0 aliphatic rings. The Morgan fingerprint density at radius 2 is 1.64 bits per heavy atom. The van der Waals surface area contributed by atoms with Crippen LogP contribution in [0.2, 0.25) is 10.0 Å². The highest BCUT2D eigenvalue weighted by molar-refractivity contribution is 7.89. The molecule has 0 fully saturated rings. The van der Waals surface area contributed by atoms with Crippen molar-refractivity contribution in [2.24, 2.45) is 0 Å². The number of nitrogens with zero attached hydrogens (tertiary/aromatic N) is 1. The quantitative estimate of drug-likeness (QED) is 0.814. The first-order chi connectivity index (χ1) is 10.3. The molecule has 0 radical (unpaired) electrons. The minimum atomic E-state index is -3.47. The summed E-state index contributed by atoms with van der Waals surface area (Å²) in [5, 5.41) is 0.814. The van der Waals surface area contributed by atoms with Crippen molar-refractivity contribution in [3.63, 3.8) is 0 Å². The maximum Gasteiger partial charge on any atom is 0.242 e. The molecule has 0 heterocycles. The van der Waals surface area contributed by atoms with E-state index in [4.69, 9.17) is 27.9 Å². The Morgan fingerprint density at radius 3 is 2.23 bits per heavy atom.